The van der Waals surface area contributed by atoms with Gasteiger partial charge in [-0.2, -0.15) is 0 Å². The molecule has 3 heterocycles. The van der Waals surface area contributed by atoms with Gasteiger partial charge in [-0.25, -0.2) is 0 Å². The molecule has 1 aromatic heterocycles. The van der Waals surface area contributed by atoms with Crippen molar-refractivity contribution in [2.75, 3.05) is 26.2 Å². The lowest BCUT2D eigenvalue weighted by Gasteiger charge is -2.04. The molecule has 0 aromatic carbocycles. The van der Waals surface area contributed by atoms with E-state index in [2.05, 4.69) is 33.0 Å². The second-order valence-corrected chi connectivity index (χ2v) is 4.17. The van der Waals surface area contributed by atoms with Crippen molar-refractivity contribution < 1.29 is 0 Å². The lowest BCUT2D eigenvalue weighted by molar-refractivity contribution is 0.525. The first kappa shape index (κ1) is 8.38. The van der Waals surface area contributed by atoms with Crippen LogP contribution in [0.4, 0.5) is 0 Å². The summed E-state index contributed by atoms with van der Waals surface area (Å²) in [6, 6.07) is 6.39. The molecule has 3 rings (SSSR count). The van der Waals surface area contributed by atoms with Gasteiger partial charge in [0.1, 0.15) is 0 Å². The van der Waals surface area contributed by atoms with E-state index in [-0.39, 0.29) is 0 Å². The summed E-state index contributed by atoms with van der Waals surface area (Å²) >= 11 is 0. The van der Waals surface area contributed by atoms with Gasteiger partial charge >= 0.3 is 0 Å². The Hall–Kier alpha value is -0.930. The van der Waals surface area contributed by atoms with E-state index in [9.17, 15) is 0 Å². The Labute approximate surface area is 84.3 Å². The van der Waals surface area contributed by atoms with Gasteiger partial charge in [-0.3, -0.25) is 14.8 Å². The van der Waals surface area contributed by atoms with Gasteiger partial charge in [-0.05, 0) is 12.1 Å². The molecule has 1 aromatic rings. The Bertz CT molecular complexity index is 300. The minimum atomic E-state index is 1.04. The molecule has 0 N–H and O–H groups in total. The molecular formula is C11H15N3. The third kappa shape index (κ3) is 2.11. The van der Waals surface area contributed by atoms with Crippen LogP contribution in [-0.4, -0.2) is 41.0 Å². The Morgan fingerprint density at radius 3 is 1.86 bits per heavy atom. The van der Waals surface area contributed by atoms with E-state index in [1.807, 2.05) is 0 Å². The maximum atomic E-state index is 4.65. The highest BCUT2D eigenvalue weighted by atomic mass is 15.3. The average molecular weight is 189 g/mol. The van der Waals surface area contributed by atoms with Gasteiger partial charge < -0.3 is 0 Å². The topological polar surface area (TPSA) is 18.9 Å². The predicted octanol–water partition coefficient (Wildman–Crippen LogP) is 0.713. The van der Waals surface area contributed by atoms with Crippen LogP contribution in [-0.2, 0) is 13.1 Å². The largest absolute Gasteiger partial charge is 0.295 e. The second-order valence-electron chi connectivity index (χ2n) is 4.17. The molecule has 0 radical (unpaired) electrons. The summed E-state index contributed by atoms with van der Waals surface area (Å²) in [5.41, 5.74) is 2.45. The number of rotatable bonds is 4. The molecule has 0 amide bonds. The molecule has 3 heteroatoms. The monoisotopic (exact) mass is 189 g/mol. The van der Waals surface area contributed by atoms with Crippen molar-refractivity contribution in [3.63, 3.8) is 0 Å². The summed E-state index contributed by atoms with van der Waals surface area (Å²) in [4.78, 5) is 9.43. The van der Waals surface area contributed by atoms with Gasteiger partial charge in [0.15, 0.2) is 0 Å². The Morgan fingerprint density at radius 2 is 1.43 bits per heavy atom. The molecule has 14 heavy (non-hydrogen) atoms. The minimum Gasteiger partial charge on any atom is -0.295 e. The van der Waals surface area contributed by atoms with Gasteiger partial charge in [-0.15, -0.1) is 0 Å². The fourth-order valence-electron chi connectivity index (χ4n) is 1.62. The normalized spacial score (nSPS) is 21.1. The van der Waals surface area contributed by atoms with Crippen molar-refractivity contribution in [3.8, 4) is 0 Å². The Kier molecular flexibility index (Phi) is 2.00. The number of hydrogen-bond acceptors (Lipinski definition) is 3. The maximum absolute atomic E-state index is 4.65. The van der Waals surface area contributed by atoms with Gasteiger partial charge in [0, 0.05) is 39.3 Å². The second kappa shape index (κ2) is 3.33. The molecule has 0 bridgehead atoms. The van der Waals surface area contributed by atoms with Gasteiger partial charge in [-0.1, -0.05) is 6.07 Å². The first-order valence-electron chi connectivity index (χ1n) is 5.30. The third-order valence-corrected chi connectivity index (χ3v) is 2.72. The number of pyridine rings is 1. The Morgan fingerprint density at radius 1 is 0.929 bits per heavy atom. The molecule has 74 valence electrons. The highest BCUT2D eigenvalue weighted by Crippen LogP contribution is 2.13. The van der Waals surface area contributed by atoms with Crippen LogP contribution in [0.5, 0.6) is 0 Å². The highest BCUT2D eigenvalue weighted by molar-refractivity contribution is 5.12. The molecular weight excluding hydrogens is 174 g/mol. The zero-order chi connectivity index (χ0) is 9.38. The van der Waals surface area contributed by atoms with Gasteiger partial charge in [0.25, 0.3) is 0 Å². The number of hydrogen-bond donors (Lipinski definition) is 0. The van der Waals surface area contributed by atoms with Crippen molar-refractivity contribution in [1.82, 2.24) is 14.8 Å². The van der Waals surface area contributed by atoms with Crippen LogP contribution < -0.4 is 0 Å². The van der Waals surface area contributed by atoms with E-state index in [0.717, 1.165) is 13.1 Å². The standard InChI is InChI=1S/C11H15N3/c1-2-10(8-13-4-5-13)12-11(3-1)9-14-6-7-14/h1-3H,4-9H2. The van der Waals surface area contributed by atoms with Crippen molar-refractivity contribution in [1.29, 1.82) is 0 Å². The molecule has 0 unspecified atom stereocenters. The summed E-state index contributed by atoms with van der Waals surface area (Å²) in [5.74, 6) is 0. The smallest absolute Gasteiger partial charge is 0.0547 e. The molecule has 2 saturated heterocycles. The number of aromatic nitrogens is 1. The summed E-state index contributed by atoms with van der Waals surface area (Å²) in [5, 5.41) is 0. The van der Waals surface area contributed by atoms with E-state index < -0.39 is 0 Å². The van der Waals surface area contributed by atoms with Crippen LogP contribution >= 0.6 is 0 Å². The lowest BCUT2D eigenvalue weighted by atomic mass is 10.3. The van der Waals surface area contributed by atoms with Gasteiger partial charge in [0.05, 0.1) is 11.4 Å². The van der Waals surface area contributed by atoms with Gasteiger partial charge in [0.2, 0.25) is 0 Å². The molecule has 2 fully saturated rings. The summed E-state index contributed by atoms with van der Waals surface area (Å²) < 4.78 is 0. The third-order valence-electron chi connectivity index (χ3n) is 2.72. The molecule has 0 saturated carbocycles. The first-order chi connectivity index (χ1) is 6.90. The highest BCUT2D eigenvalue weighted by Gasteiger charge is 2.19. The predicted molar refractivity (Wildman–Crippen MR) is 54.8 cm³/mol. The van der Waals surface area contributed by atoms with Crippen LogP contribution in [0.2, 0.25) is 0 Å². The Balaban J connectivity index is 1.68. The maximum Gasteiger partial charge on any atom is 0.0547 e. The van der Waals surface area contributed by atoms with E-state index in [1.165, 1.54) is 37.6 Å². The molecule has 2 aliphatic rings. The fourth-order valence-corrected chi connectivity index (χ4v) is 1.62. The zero-order valence-electron chi connectivity index (χ0n) is 8.32. The minimum absolute atomic E-state index is 1.04. The molecule has 0 atom stereocenters. The first-order valence-corrected chi connectivity index (χ1v) is 5.30. The molecule has 2 aliphatic heterocycles. The van der Waals surface area contributed by atoms with Crippen LogP contribution in [0.15, 0.2) is 18.2 Å². The average Bonchev–Trinajstić information content (AvgIpc) is 3.00. The molecule has 3 nitrogen and oxygen atoms in total. The van der Waals surface area contributed by atoms with E-state index in [0.29, 0.717) is 0 Å². The quantitative estimate of drug-likeness (QED) is 0.650. The number of nitrogens with zero attached hydrogens (tertiary/aromatic N) is 3. The van der Waals surface area contributed by atoms with Crippen LogP contribution in [0, 0.1) is 0 Å². The van der Waals surface area contributed by atoms with E-state index >= 15 is 0 Å². The fraction of sp³-hybridized carbons (Fsp3) is 0.545. The van der Waals surface area contributed by atoms with Crippen LogP contribution in [0.1, 0.15) is 11.4 Å². The van der Waals surface area contributed by atoms with Crippen LogP contribution in [0.25, 0.3) is 0 Å². The summed E-state index contributed by atoms with van der Waals surface area (Å²) in [6.07, 6.45) is 0. The zero-order valence-corrected chi connectivity index (χ0v) is 8.32. The SMILES string of the molecule is c1cc(CN2CC2)nc(CN2CC2)c1. The lowest BCUT2D eigenvalue weighted by Crippen LogP contribution is -2.04. The van der Waals surface area contributed by atoms with E-state index in [1.54, 1.807) is 0 Å². The summed E-state index contributed by atoms with van der Waals surface area (Å²) in [6.45, 7) is 7.06. The van der Waals surface area contributed by atoms with Crippen molar-refractivity contribution in [2.24, 2.45) is 0 Å². The summed E-state index contributed by atoms with van der Waals surface area (Å²) in [7, 11) is 0. The molecule has 0 spiro atoms. The van der Waals surface area contributed by atoms with E-state index in [4.69, 9.17) is 0 Å². The van der Waals surface area contributed by atoms with Crippen molar-refractivity contribution >= 4 is 0 Å². The van der Waals surface area contributed by atoms with Crippen LogP contribution in [0.3, 0.4) is 0 Å². The molecule has 0 aliphatic carbocycles. The van der Waals surface area contributed by atoms with Crippen molar-refractivity contribution in [3.05, 3.63) is 29.6 Å². The van der Waals surface area contributed by atoms with Crippen molar-refractivity contribution in [2.45, 2.75) is 13.1 Å².